The molecule has 1 aromatic carbocycles. The Morgan fingerprint density at radius 1 is 0.885 bits per heavy atom. The highest BCUT2D eigenvalue weighted by Crippen LogP contribution is 2.35. The third kappa shape index (κ3) is 6.92. The standard InChI is InChI=1S/C22H32F4/c1-2-3-4-7-17-10-12-18(13-11-17)8-5-6-9-19-14-15-20(21(23)16-19)22(24,25)26/h14-18H,2-13H2,1H3. The molecular formula is C22H32F4. The highest BCUT2D eigenvalue weighted by atomic mass is 19.4. The van der Waals surface area contributed by atoms with Crippen molar-refractivity contribution in [2.45, 2.75) is 90.1 Å². The van der Waals surface area contributed by atoms with E-state index in [1.54, 1.807) is 0 Å². The first-order chi connectivity index (χ1) is 12.4. The summed E-state index contributed by atoms with van der Waals surface area (Å²) in [6.07, 6.45) is 10.0. The van der Waals surface area contributed by atoms with Crippen LogP contribution in [0.5, 0.6) is 0 Å². The number of hydrogen-bond acceptors (Lipinski definition) is 0. The second-order valence-corrected chi connectivity index (χ2v) is 7.94. The van der Waals surface area contributed by atoms with Crippen LogP contribution in [0.3, 0.4) is 0 Å². The SMILES string of the molecule is CCCCCC1CCC(CCCCc2ccc(C(F)(F)F)c(F)c2)CC1. The average molecular weight is 372 g/mol. The first-order valence-electron chi connectivity index (χ1n) is 10.3. The Labute approximate surface area is 155 Å². The van der Waals surface area contributed by atoms with Gasteiger partial charge in [-0.1, -0.05) is 77.2 Å². The number of halogens is 4. The van der Waals surface area contributed by atoms with Gasteiger partial charge in [-0.15, -0.1) is 0 Å². The lowest BCUT2D eigenvalue weighted by Gasteiger charge is -2.28. The van der Waals surface area contributed by atoms with Crippen LogP contribution in [0.2, 0.25) is 0 Å². The minimum Gasteiger partial charge on any atom is -0.206 e. The van der Waals surface area contributed by atoms with E-state index in [4.69, 9.17) is 0 Å². The molecule has 148 valence electrons. The molecule has 0 radical (unpaired) electrons. The van der Waals surface area contributed by atoms with Gasteiger partial charge in [-0.05, 0) is 42.4 Å². The molecule has 0 saturated heterocycles. The summed E-state index contributed by atoms with van der Waals surface area (Å²) in [5.74, 6) is 0.575. The number of benzene rings is 1. The molecule has 1 aliphatic carbocycles. The minimum atomic E-state index is -4.61. The third-order valence-electron chi connectivity index (χ3n) is 5.85. The van der Waals surface area contributed by atoms with Crippen molar-refractivity contribution in [1.82, 2.24) is 0 Å². The van der Waals surface area contributed by atoms with Crippen LogP contribution in [0.25, 0.3) is 0 Å². The quantitative estimate of drug-likeness (QED) is 0.305. The minimum absolute atomic E-state index is 0.654. The van der Waals surface area contributed by atoms with Gasteiger partial charge in [0.15, 0.2) is 0 Å². The van der Waals surface area contributed by atoms with E-state index in [-0.39, 0.29) is 0 Å². The van der Waals surface area contributed by atoms with E-state index in [2.05, 4.69) is 6.92 Å². The van der Waals surface area contributed by atoms with Crippen molar-refractivity contribution in [3.63, 3.8) is 0 Å². The zero-order valence-electron chi connectivity index (χ0n) is 15.9. The molecule has 0 nitrogen and oxygen atoms in total. The molecule has 1 aromatic rings. The van der Waals surface area contributed by atoms with Crippen molar-refractivity contribution < 1.29 is 17.6 Å². The van der Waals surface area contributed by atoms with Crippen LogP contribution in [0.15, 0.2) is 18.2 Å². The van der Waals surface area contributed by atoms with Crippen molar-refractivity contribution in [3.8, 4) is 0 Å². The maximum Gasteiger partial charge on any atom is 0.419 e. The molecule has 2 rings (SSSR count). The number of aryl methyl sites for hydroxylation is 1. The number of unbranched alkanes of at least 4 members (excludes halogenated alkanes) is 3. The zero-order valence-corrected chi connectivity index (χ0v) is 15.9. The molecule has 0 N–H and O–H groups in total. The van der Waals surface area contributed by atoms with Gasteiger partial charge in [-0.25, -0.2) is 4.39 Å². The summed E-state index contributed by atoms with van der Waals surface area (Å²) in [5.41, 5.74) is -0.507. The summed E-state index contributed by atoms with van der Waals surface area (Å²) in [7, 11) is 0. The Kier molecular flexibility index (Phi) is 8.43. The van der Waals surface area contributed by atoms with E-state index < -0.39 is 17.6 Å². The monoisotopic (exact) mass is 372 g/mol. The average Bonchev–Trinajstić information content (AvgIpc) is 2.59. The van der Waals surface area contributed by atoms with Gasteiger partial charge in [-0.2, -0.15) is 13.2 Å². The zero-order chi connectivity index (χ0) is 19.0. The lowest BCUT2D eigenvalue weighted by Crippen LogP contribution is -2.14. The fourth-order valence-electron chi connectivity index (χ4n) is 4.20. The summed E-state index contributed by atoms with van der Waals surface area (Å²) >= 11 is 0. The highest BCUT2D eigenvalue weighted by molar-refractivity contribution is 5.26. The molecule has 26 heavy (non-hydrogen) atoms. The highest BCUT2D eigenvalue weighted by Gasteiger charge is 2.33. The van der Waals surface area contributed by atoms with Gasteiger partial charge in [0.1, 0.15) is 5.82 Å². The van der Waals surface area contributed by atoms with Gasteiger partial charge < -0.3 is 0 Å². The van der Waals surface area contributed by atoms with Crippen LogP contribution < -0.4 is 0 Å². The van der Waals surface area contributed by atoms with E-state index in [0.717, 1.165) is 36.8 Å². The molecular weight excluding hydrogens is 340 g/mol. The predicted octanol–water partition coefficient (Wildman–Crippen LogP) is 7.94. The van der Waals surface area contributed by atoms with Crippen LogP contribution >= 0.6 is 0 Å². The number of rotatable bonds is 9. The Morgan fingerprint density at radius 3 is 1.96 bits per heavy atom. The Hall–Kier alpha value is -1.06. The van der Waals surface area contributed by atoms with Crippen LogP contribution in [0, 0.1) is 17.7 Å². The Morgan fingerprint density at radius 2 is 1.46 bits per heavy atom. The molecule has 0 aliphatic heterocycles. The molecule has 0 spiro atoms. The molecule has 0 atom stereocenters. The second-order valence-electron chi connectivity index (χ2n) is 7.94. The number of hydrogen-bond donors (Lipinski definition) is 0. The van der Waals surface area contributed by atoms with Crippen molar-refractivity contribution in [2.24, 2.45) is 11.8 Å². The molecule has 0 aromatic heterocycles. The molecule has 0 heterocycles. The first-order valence-corrected chi connectivity index (χ1v) is 10.3. The van der Waals surface area contributed by atoms with Gasteiger partial charge in [-0.3, -0.25) is 0 Å². The lowest BCUT2D eigenvalue weighted by atomic mass is 9.78. The summed E-state index contributed by atoms with van der Waals surface area (Å²) in [6, 6.07) is 3.32. The molecule has 0 amide bonds. The van der Waals surface area contributed by atoms with E-state index in [0.29, 0.717) is 12.0 Å². The molecule has 1 fully saturated rings. The summed E-state index contributed by atoms with van der Waals surface area (Å²) < 4.78 is 51.3. The lowest BCUT2D eigenvalue weighted by molar-refractivity contribution is -0.140. The van der Waals surface area contributed by atoms with Crippen molar-refractivity contribution >= 4 is 0 Å². The smallest absolute Gasteiger partial charge is 0.206 e. The van der Waals surface area contributed by atoms with Gasteiger partial charge in [0, 0.05) is 0 Å². The van der Waals surface area contributed by atoms with Crippen molar-refractivity contribution in [1.29, 1.82) is 0 Å². The Bertz CT molecular complexity index is 527. The summed E-state index contributed by atoms with van der Waals surface area (Å²) in [4.78, 5) is 0. The van der Waals surface area contributed by atoms with Crippen molar-refractivity contribution in [3.05, 3.63) is 35.1 Å². The van der Waals surface area contributed by atoms with Crippen LogP contribution in [0.1, 0.15) is 88.7 Å². The molecule has 1 aliphatic rings. The maximum atomic E-state index is 13.6. The van der Waals surface area contributed by atoms with Crippen LogP contribution in [-0.4, -0.2) is 0 Å². The summed E-state index contributed by atoms with van der Waals surface area (Å²) in [6.45, 7) is 2.25. The van der Waals surface area contributed by atoms with Crippen LogP contribution in [0.4, 0.5) is 17.6 Å². The molecule has 4 heteroatoms. The predicted molar refractivity (Wildman–Crippen MR) is 98.5 cm³/mol. The van der Waals surface area contributed by atoms with E-state index in [1.165, 1.54) is 63.9 Å². The normalized spacial score (nSPS) is 21.1. The molecule has 0 unspecified atom stereocenters. The Balaban J connectivity index is 1.63. The van der Waals surface area contributed by atoms with Crippen LogP contribution in [-0.2, 0) is 12.6 Å². The van der Waals surface area contributed by atoms with Gasteiger partial charge >= 0.3 is 6.18 Å². The topological polar surface area (TPSA) is 0 Å². The maximum absolute atomic E-state index is 13.6. The fourth-order valence-corrected chi connectivity index (χ4v) is 4.20. The number of alkyl halides is 3. The van der Waals surface area contributed by atoms with E-state index in [9.17, 15) is 17.6 Å². The fraction of sp³-hybridized carbons (Fsp3) is 0.727. The van der Waals surface area contributed by atoms with E-state index >= 15 is 0 Å². The van der Waals surface area contributed by atoms with Gasteiger partial charge in [0.25, 0.3) is 0 Å². The summed E-state index contributed by atoms with van der Waals surface area (Å²) in [5, 5.41) is 0. The largest absolute Gasteiger partial charge is 0.419 e. The third-order valence-corrected chi connectivity index (χ3v) is 5.85. The molecule has 0 bridgehead atoms. The first kappa shape index (κ1) is 21.2. The van der Waals surface area contributed by atoms with Gasteiger partial charge in [0.05, 0.1) is 5.56 Å². The van der Waals surface area contributed by atoms with E-state index in [1.807, 2.05) is 0 Å². The van der Waals surface area contributed by atoms with Gasteiger partial charge in [0.2, 0.25) is 0 Å². The van der Waals surface area contributed by atoms with Crippen molar-refractivity contribution in [2.75, 3.05) is 0 Å². The molecule has 1 saturated carbocycles. The second kappa shape index (κ2) is 10.3.